The van der Waals surface area contributed by atoms with E-state index in [1.54, 1.807) is 0 Å². The lowest BCUT2D eigenvalue weighted by Crippen LogP contribution is -2.40. The lowest BCUT2D eigenvalue weighted by molar-refractivity contribution is -0.111. The number of carbonyl (C=O) groups excluding carboxylic acids is 2. The van der Waals surface area contributed by atoms with Gasteiger partial charge in [0.05, 0.1) is 6.04 Å². The number of aldehydes is 1. The molecule has 1 rings (SSSR count). The molecule has 16 heavy (non-hydrogen) atoms. The zero-order valence-corrected chi connectivity index (χ0v) is 10.7. The van der Waals surface area contributed by atoms with Crippen LogP contribution >= 0.6 is 0 Å². The maximum Gasteiger partial charge on any atom is 0.410 e. The van der Waals surface area contributed by atoms with Gasteiger partial charge in [-0.1, -0.05) is 13.8 Å². The van der Waals surface area contributed by atoms with Gasteiger partial charge in [-0.25, -0.2) is 4.79 Å². The number of likely N-dealkylation sites (tertiary alicyclic amines) is 1. The molecule has 1 aliphatic heterocycles. The second kappa shape index (κ2) is 4.07. The molecule has 0 aromatic carbocycles. The van der Waals surface area contributed by atoms with E-state index in [2.05, 4.69) is 0 Å². The molecule has 0 aliphatic carbocycles. The third kappa shape index (κ3) is 3.22. The summed E-state index contributed by atoms with van der Waals surface area (Å²) >= 11 is 0. The fourth-order valence-corrected chi connectivity index (χ4v) is 1.96. The highest BCUT2D eigenvalue weighted by Crippen LogP contribution is 2.33. The number of rotatable bonds is 1. The molecular formula is C12H21NO3. The minimum absolute atomic E-state index is 0.0114. The van der Waals surface area contributed by atoms with E-state index in [4.69, 9.17) is 4.74 Å². The van der Waals surface area contributed by atoms with Crippen molar-refractivity contribution < 1.29 is 14.3 Å². The van der Waals surface area contributed by atoms with Gasteiger partial charge >= 0.3 is 6.09 Å². The molecule has 1 aliphatic rings. The summed E-state index contributed by atoms with van der Waals surface area (Å²) in [5.41, 5.74) is -0.528. The van der Waals surface area contributed by atoms with Gasteiger partial charge in [-0.3, -0.25) is 4.90 Å². The molecule has 92 valence electrons. The molecule has 0 saturated carbocycles. The summed E-state index contributed by atoms with van der Waals surface area (Å²) in [7, 11) is 0. The Hall–Kier alpha value is -1.06. The Bertz CT molecular complexity index is 291. The van der Waals surface area contributed by atoms with Crippen molar-refractivity contribution in [1.29, 1.82) is 0 Å². The second-order valence-electron chi connectivity index (χ2n) is 6.18. The molecule has 1 atom stereocenters. The second-order valence-corrected chi connectivity index (χ2v) is 6.18. The maximum atomic E-state index is 11.9. The highest BCUT2D eigenvalue weighted by atomic mass is 16.6. The molecule has 0 aromatic rings. The fourth-order valence-electron chi connectivity index (χ4n) is 1.96. The zero-order chi connectivity index (χ0) is 12.6. The van der Waals surface area contributed by atoms with E-state index < -0.39 is 11.7 Å². The molecule has 1 heterocycles. The number of carbonyl (C=O) groups is 2. The Kier molecular flexibility index (Phi) is 3.31. The van der Waals surface area contributed by atoms with Crippen LogP contribution in [0.4, 0.5) is 4.79 Å². The largest absolute Gasteiger partial charge is 0.444 e. The first kappa shape index (κ1) is 13.0. The van der Waals surface area contributed by atoms with Crippen LogP contribution in [-0.4, -0.2) is 35.5 Å². The molecule has 1 fully saturated rings. The van der Waals surface area contributed by atoms with E-state index in [1.165, 1.54) is 4.90 Å². The van der Waals surface area contributed by atoms with Crippen molar-refractivity contribution >= 4 is 12.4 Å². The van der Waals surface area contributed by atoms with Crippen LogP contribution in [0.5, 0.6) is 0 Å². The van der Waals surface area contributed by atoms with E-state index in [0.29, 0.717) is 13.0 Å². The number of amides is 1. The smallest absolute Gasteiger partial charge is 0.410 e. The van der Waals surface area contributed by atoms with Crippen molar-refractivity contribution in [1.82, 2.24) is 4.90 Å². The summed E-state index contributed by atoms with van der Waals surface area (Å²) in [6.07, 6.45) is 1.14. The highest BCUT2D eigenvalue weighted by Gasteiger charge is 2.41. The third-order valence-electron chi connectivity index (χ3n) is 2.55. The fraction of sp³-hybridized carbons (Fsp3) is 0.833. The Morgan fingerprint density at radius 3 is 2.44 bits per heavy atom. The van der Waals surface area contributed by atoms with E-state index >= 15 is 0 Å². The Morgan fingerprint density at radius 2 is 2.00 bits per heavy atom. The van der Waals surface area contributed by atoms with E-state index in [0.717, 1.165) is 6.29 Å². The van der Waals surface area contributed by atoms with Crippen molar-refractivity contribution in [3.05, 3.63) is 0 Å². The molecule has 0 aromatic heterocycles. The summed E-state index contributed by atoms with van der Waals surface area (Å²) in [4.78, 5) is 24.3. The molecular weight excluding hydrogens is 206 g/mol. The summed E-state index contributed by atoms with van der Waals surface area (Å²) < 4.78 is 5.28. The SMILES string of the molecule is CC1(C)C[C@H](C=O)N(C(=O)OC(C)(C)C)C1. The van der Waals surface area contributed by atoms with E-state index in [-0.39, 0.29) is 11.5 Å². The van der Waals surface area contributed by atoms with Gasteiger partial charge in [-0.2, -0.15) is 0 Å². The van der Waals surface area contributed by atoms with Crippen LogP contribution in [0, 0.1) is 5.41 Å². The van der Waals surface area contributed by atoms with Gasteiger partial charge in [0.1, 0.15) is 11.9 Å². The topological polar surface area (TPSA) is 46.6 Å². The van der Waals surface area contributed by atoms with Gasteiger partial charge in [0.15, 0.2) is 0 Å². The summed E-state index contributed by atoms with van der Waals surface area (Å²) in [6.45, 7) is 10.1. The minimum Gasteiger partial charge on any atom is -0.444 e. The van der Waals surface area contributed by atoms with Crippen LogP contribution in [0.2, 0.25) is 0 Å². The average Bonchev–Trinajstić information content (AvgIpc) is 2.38. The Morgan fingerprint density at radius 1 is 1.44 bits per heavy atom. The summed E-state index contributed by atoms with van der Waals surface area (Å²) in [6, 6.07) is -0.343. The van der Waals surface area contributed by atoms with Crippen LogP contribution in [0.1, 0.15) is 41.0 Å². The van der Waals surface area contributed by atoms with Gasteiger partial charge in [0, 0.05) is 6.54 Å². The van der Waals surface area contributed by atoms with Crippen LogP contribution in [0.15, 0.2) is 0 Å². The van der Waals surface area contributed by atoms with Gasteiger partial charge in [0.25, 0.3) is 0 Å². The van der Waals surface area contributed by atoms with Crippen LogP contribution in [0.25, 0.3) is 0 Å². The molecule has 0 spiro atoms. The molecule has 4 heteroatoms. The van der Waals surface area contributed by atoms with Crippen LogP contribution in [-0.2, 0) is 9.53 Å². The number of hydrogen-bond acceptors (Lipinski definition) is 3. The van der Waals surface area contributed by atoms with Crippen molar-refractivity contribution in [2.45, 2.75) is 52.7 Å². The molecule has 0 N–H and O–H groups in total. The lowest BCUT2D eigenvalue weighted by atomic mass is 9.91. The van der Waals surface area contributed by atoms with E-state index in [9.17, 15) is 9.59 Å². The third-order valence-corrected chi connectivity index (χ3v) is 2.55. The first-order valence-electron chi connectivity index (χ1n) is 5.59. The number of hydrogen-bond donors (Lipinski definition) is 0. The standard InChI is InChI=1S/C12H21NO3/c1-11(2,3)16-10(15)13-8-12(4,5)6-9(13)7-14/h7,9H,6,8H2,1-5H3/t9-/m1/s1. The Labute approximate surface area is 96.9 Å². The monoisotopic (exact) mass is 227 g/mol. The van der Waals surface area contributed by atoms with Crippen LogP contribution < -0.4 is 0 Å². The molecule has 4 nitrogen and oxygen atoms in total. The summed E-state index contributed by atoms with van der Waals surface area (Å²) in [5.74, 6) is 0. The molecule has 1 amide bonds. The lowest BCUT2D eigenvalue weighted by Gasteiger charge is -2.26. The minimum atomic E-state index is -0.517. The number of ether oxygens (including phenoxy) is 1. The molecule has 0 radical (unpaired) electrons. The summed E-state index contributed by atoms with van der Waals surface area (Å²) in [5, 5.41) is 0. The first-order valence-corrected chi connectivity index (χ1v) is 5.59. The van der Waals surface area contributed by atoms with E-state index in [1.807, 2.05) is 34.6 Å². The zero-order valence-electron chi connectivity index (χ0n) is 10.7. The highest BCUT2D eigenvalue weighted by molar-refractivity contribution is 5.74. The van der Waals surface area contributed by atoms with Gasteiger partial charge in [-0.05, 0) is 32.6 Å². The normalized spacial score (nSPS) is 24.3. The quantitative estimate of drug-likeness (QED) is 0.645. The van der Waals surface area contributed by atoms with Gasteiger partial charge < -0.3 is 9.53 Å². The molecule has 1 saturated heterocycles. The van der Waals surface area contributed by atoms with Gasteiger partial charge in [0.2, 0.25) is 0 Å². The van der Waals surface area contributed by atoms with Gasteiger partial charge in [-0.15, -0.1) is 0 Å². The average molecular weight is 227 g/mol. The van der Waals surface area contributed by atoms with Crippen LogP contribution in [0.3, 0.4) is 0 Å². The Balaban J connectivity index is 2.72. The predicted octanol–water partition coefficient (Wildman–Crippen LogP) is 2.22. The van der Waals surface area contributed by atoms with Crippen molar-refractivity contribution in [3.8, 4) is 0 Å². The van der Waals surface area contributed by atoms with Crippen molar-refractivity contribution in [2.75, 3.05) is 6.54 Å². The maximum absolute atomic E-state index is 11.9. The van der Waals surface area contributed by atoms with Crippen molar-refractivity contribution in [3.63, 3.8) is 0 Å². The molecule has 0 unspecified atom stereocenters. The first-order chi connectivity index (χ1) is 7.14. The van der Waals surface area contributed by atoms with Crippen molar-refractivity contribution in [2.24, 2.45) is 5.41 Å². The predicted molar refractivity (Wildman–Crippen MR) is 61.2 cm³/mol. The molecule has 0 bridgehead atoms. The number of nitrogens with zero attached hydrogens (tertiary/aromatic N) is 1.